The summed E-state index contributed by atoms with van der Waals surface area (Å²) in [4.78, 5) is 36.7. The van der Waals surface area contributed by atoms with Gasteiger partial charge >= 0.3 is 0 Å². The van der Waals surface area contributed by atoms with Crippen LogP contribution < -0.4 is 10.1 Å². The Hall–Kier alpha value is -3.74. The van der Waals surface area contributed by atoms with E-state index in [0.29, 0.717) is 49.4 Å². The van der Waals surface area contributed by atoms with Crippen molar-refractivity contribution in [2.75, 3.05) is 18.4 Å². The predicted octanol–water partition coefficient (Wildman–Crippen LogP) is 5.09. The van der Waals surface area contributed by atoms with Crippen molar-refractivity contribution >= 4 is 23.3 Å². The molecule has 7 nitrogen and oxygen atoms in total. The van der Waals surface area contributed by atoms with Crippen LogP contribution in [0.4, 0.5) is 11.6 Å². The van der Waals surface area contributed by atoms with Gasteiger partial charge in [0.15, 0.2) is 5.78 Å². The summed E-state index contributed by atoms with van der Waals surface area (Å²) in [5, 5.41) is 3.20. The van der Waals surface area contributed by atoms with Crippen LogP contribution in [-0.4, -0.2) is 45.2 Å². The van der Waals surface area contributed by atoms with E-state index in [4.69, 9.17) is 4.74 Å². The Morgan fingerprint density at radius 2 is 1.63 bits per heavy atom. The highest BCUT2D eigenvalue weighted by molar-refractivity contribution is 6.01. The SMILES string of the molecule is Cc1cc(C)nc(Nc2ccc(C(=O)N3CCC4(CC3)CC(=O)c3ccc(C)c(C)c3O4)cc2)n1. The van der Waals surface area contributed by atoms with Crippen LogP contribution in [0.2, 0.25) is 0 Å². The summed E-state index contributed by atoms with van der Waals surface area (Å²) in [6.45, 7) is 9.01. The molecule has 35 heavy (non-hydrogen) atoms. The molecule has 2 aliphatic heterocycles. The average Bonchev–Trinajstić information content (AvgIpc) is 2.82. The van der Waals surface area contributed by atoms with Gasteiger partial charge in [-0.1, -0.05) is 6.07 Å². The van der Waals surface area contributed by atoms with Crippen molar-refractivity contribution in [2.45, 2.75) is 52.6 Å². The lowest BCUT2D eigenvalue weighted by Crippen LogP contribution is -2.52. The Balaban J connectivity index is 1.25. The molecule has 0 bridgehead atoms. The van der Waals surface area contributed by atoms with Crippen LogP contribution in [0.1, 0.15) is 62.5 Å². The van der Waals surface area contributed by atoms with E-state index in [0.717, 1.165) is 34.0 Å². The van der Waals surface area contributed by atoms with E-state index in [2.05, 4.69) is 15.3 Å². The molecule has 0 atom stereocenters. The van der Waals surface area contributed by atoms with Crippen LogP contribution in [0.5, 0.6) is 5.75 Å². The van der Waals surface area contributed by atoms with Crippen molar-refractivity contribution in [1.82, 2.24) is 14.9 Å². The number of rotatable bonds is 3. The number of amides is 1. The van der Waals surface area contributed by atoms with Crippen molar-refractivity contribution < 1.29 is 14.3 Å². The number of ether oxygens (including phenoxy) is 1. The minimum atomic E-state index is -0.529. The molecule has 0 aliphatic carbocycles. The van der Waals surface area contributed by atoms with Crippen LogP contribution in [0.25, 0.3) is 0 Å². The van der Waals surface area contributed by atoms with E-state index < -0.39 is 5.60 Å². The Morgan fingerprint density at radius 3 is 2.29 bits per heavy atom. The summed E-state index contributed by atoms with van der Waals surface area (Å²) in [7, 11) is 0. The molecule has 0 radical (unpaired) electrons. The maximum absolute atomic E-state index is 13.2. The number of fused-ring (bicyclic) bond motifs is 1. The van der Waals surface area contributed by atoms with Crippen molar-refractivity contribution in [1.29, 1.82) is 0 Å². The van der Waals surface area contributed by atoms with E-state index in [1.807, 2.05) is 75.1 Å². The number of nitrogens with zero attached hydrogens (tertiary/aromatic N) is 3. The summed E-state index contributed by atoms with van der Waals surface area (Å²) < 4.78 is 6.49. The van der Waals surface area contributed by atoms with Gasteiger partial charge in [-0.3, -0.25) is 9.59 Å². The molecule has 2 aromatic carbocycles. The van der Waals surface area contributed by atoms with Crippen LogP contribution in [0.15, 0.2) is 42.5 Å². The molecule has 0 unspecified atom stereocenters. The molecule has 1 fully saturated rings. The third-order valence-electron chi connectivity index (χ3n) is 7.11. The zero-order valence-corrected chi connectivity index (χ0v) is 20.6. The molecule has 1 aromatic heterocycles. The van der Waals surface area contributed by atoms with Gasteiger partial charge in [0, 0.05) is 48.6 Å². The fraction of sp³-hybridized carbons (Fsp3) is 0.357. The van der Waals surface area contributed by atoms with Crippen LogP contribution in [0, 0.1) is 27.7 Å². The lowest BCUT2D eigenvalue weighted by Gasteiger charge is -2.44. The fourth-order valence-corrected chi connectivity index (χ4v) is 4.97. The second kappa shape index (κ2) is 8.80. The number of ketones is 1. The number of Topliss-reactive ketones (excluding diaryl/α,β-unsaturated/α-hetero) is 1. The zero-order chi connectivity index (χ0) is 24.7. The number of hydrogen-bond acceptors (Lipinski definition) is 6. The molecule has 7 heteroatoms. The third kappa shape index (κ3) is 4.50. The zero-order valence-electron chi connectivity index (χ0n) is 20.6. The summed E-state index contributed by atoms with van der Waals surface area (Å²) in [6, 6.07) is 13.1. The number of likely N-dealkylation sites (tertiary alicyclic amines) is 1. The Bertz CT molecular complexity index is 1290. The smallest absolute Gasteiger partial charge is 0.253 e. The quantitative estimate of drug-likeness (QED) is 0.574. The number of piperidine rings is 1. The molecule has 3 aromatic rings. The molecule has 1 spiro atoms. The minimum absolute atomic E-state index is 0.0105. The second-order valence-corrected chi connectivity index (χ2v) is 9.74. The summed E-state index contributed by atoms with van der Waals surface area (Å²) in [5.74, 6) is 1.38. The summed E-state index contributed by atoms with van der Waals surface area (Å²) in [6.07, 6.45) is 1.65. The fourth-order valence-electron chi connectivity index (χ4n) is 4.97. The summed E-state index contributed by atoms with van der Waals surface area (Å²) >= 11 is 0. The third-order valence-corrected chi connectivity index (χ3v) is 7.11. The maximum Gasteiger partial charge on any atom is 0.253 e. The van der Waals surface area contributed by atoms with Gasteiger partial charge in [0.05, 0.1) is 12.0 Å². The number of hydrogen-bond donors (Lipinski definition) is 1. The van der Waals surface area contributed by atoms with E-state index in [1.54, 1.807) is 0 Å². The molecule has 5 rings (SSSR count). The first kappa shape index (κ1) is 23.0. The van der Waals surface area contributed by atoms with Gasteiger partial charge in [0.25, 0.3) is 5.91 Å². The topological polar surface area (TPSA) is 84.4 Å². The number of carbonyl (C=O) groups excluding carboxylic acids is 2. The van der Waals surface area contributed by atoms with Crippen molar-refractivity contribution in [3.8, 4) is 5.75 Å². The van der Waals surface area contributed by atoms with Crippen molar-refractivity contribution in [3.05, 3.63) is 76.1 Å². The van der Waals surface area contributed by atoms with E-state index >= 15 is 0 Å². The number of benzene rings is 2. The number of anilines is 2. The Morgan fingerprint density at radius 1 is 0.971 bits per heavy atom. The van der Waals surface area contributed by atoms with Gasteiger partial charge in [0.2, 0.25) is 5.95 Å². The second-order valence-electron chi connectivity index (χ2n) is 9.74. The lowest BCUT2D eigenvalue weighted by atomic mass is 9.81. The number of aromatic nitrogens is 2. The number of carbonyl (C=O) groups is 2. The van der Waals surface area contributed by atoms with Gasteiger partial charge in [0.1, 0.15) is 11.4 Å². The first-order valence-corrected chi connectivity index (χ1v) is 12.0. The molecule has 180 valence electrons. The molecule has 3 heterocycles. The highest BCUT2D eigenvalue weighted by Gasteiger charge is 2.44. The molecule has 2 aliphatic rings. The molecule has 1 N–H and O–H groups in total. The van der Waals surface area contributed by atoms with Gasteiger partial charge in [-0.25, -0.2) is 9.97 Å². The van der Waals surface area contributed by atoms with Crippen molar-refractivity contribution in [3.63, 3.8) is 0 Å². The molecular weight excluding hydrogens is 440 g/mol. The van der Waals surface area contributed by atoms with E-state index in [9.17, 15) is 9.59 Å². The highest BCUT2D eigenvalue weighted by atomic mass is 16.5. The van der Waals surface area contributed by atoms with E-state index in [-0.39, 0.29) is 11.7 Å². The molecule has 1 amide bonds. The Kier molecular flexibility index (Phi) is 5.79. The van der Waals surface area contributed by atoms with Gasteiger partial charge in [-0.15, -0.1) is 0 Å². The first-order valence-electron chi connectivity index (χ1n) is 12.0. The van der Waals surface area contributed by atoms with Gasteiger partial charge in [-0.05, 0) is 75.2 Å². The minimum Gasteiger partial charge on any atom is -0.486 e. The van der Waals surface area contributed by atoms with Crippen LogP contribution in [0.3, 0.4) is 0 Å². The molecular formula is C28H30N4O3. The molecule has 1 saturated heterocycles. The van der Waals surface area contributed by atoms with Crippen LogP contribution in [-0.2, 0) is 0 Å². The lowest BCUT2D eigenvalue weighted by molar-refractivity contribution is -0.00620. The van der Waals surface area contributed by atoms with Crippen molar-refractivity contribution in [2.24, 2.45) is 0 Å². The Labute approximate surface area is 205 Å². The molecule has 0 saturated carbocycles. The van der Waals surface area contributed by atoms with E-state index in [1.165, 1.54) is 0 Å². The highest BCUT2D eigenvalue weighted by Crippen LogP contribution is 2.42. The van der Waals surface area contributed by atoms with Gasteiger partial charge < -0.3 is 15.0 Å². The monoisotopic (exact) mass is 470 g/mol. The normalized spacial score (nSPS) is 16.6. The number of nitrogens with one attached hydrogen (secondary N) is 1. The predicted molar refractivity (Wildman–Crippen MR) is 135 cm³/mol. The average molecular weight is 471 g/mol. The van der Waals surface area contributed by atoms with Crippen LogP contribution >= 0.6 is 0 Å². The first-order chi connectivity index (χ1) is 16.7. The van der Waals surface area contributed by atoms with Gasteiger partial charge in [-0.2, -0.15) is 0 Å². The standard InChI is InChI=1S/C28H30N4O3/c1-17-5-10-23-24(33)16-28(35-25(23)20(17)4)11-13-32(14-12-28)26(34)21-6-8-22(9-7-21)31-27-29-18(2)15-19(3)30-27/h5-10,15H,11-14,16H2,1-4H3,(H,29,30,31). The largest absolute Gasteiger partial charge is 0.486 e. The number of aryl methyl sites for hydroxylation is 3. The summed E-state index contributed by atoms with van der Waals surface area (Å²) in [5.41, 5.74) is 5.53. The maximum atomic E-state index is 13.2.